The Morgan fingerprint density at radius 2 is 2.04 bits per heavy atom. The Balaban J connectivity index is 1.64. The molecule has 0 unspecified atom stereocenters. The Kier molecular flexibility index (Phi) is 4.52. The van der Waals surface area contributed by atoms with Crippen molar-refractivity contribution in [1.29, 1.82) is 0 Å². The summed E-state index contributed by atoms with van der Waals surface area (Å²) < 4.78 is 52.0. The predicted octanol–water partition coefficient (Wildman–Crippen LogP) is 3.09. The molecule has 24 heavy (non-hydrogen) atoms. The van der Waals surface area contributed by atoms with Crippen LogP contribution >= 0.6 is 0 Å². The molecule has 6 nitrogen and oxygen atoms in total. The summed E-state index contributed by atoms with van der Waals surface area (Å²) in [5.74, 6) is -2.15. The quantitative estimate of drug-likeness (QED) is 0.795. The molecule has 0 radical (unpaired) electrons. The minimum absolute atomic E-state index is 0.0756. The molecule has 1 saturated heterocycles. The maximum Gasteiger partial charge on any atom is 0.471 e. The van der Waals surface area contributed by atoms with E-state index < -0.39 is 18.0 Å². The maximum atomic E-state index is 12.4. The Morgan fingerprint density at radius 3 is 2.62 bits per heavy atom. The molecule has 1 aromatic heterocycles. The van der Waals surface area contributed by atoms with Crippen LogP contribution in [0.3, 0.4) is 0 Å². The smallest absolute Gasteiger partial charge is 0.459 e. The molecular formula is C15H13F3N2O4. The van der Waals surface area contributed by atoms with E-state index in [1.54, 1.807) is 0 Å². The molecule has 1 aliphatic rings. The Hall–Kier alpha value is -2.42. The summed E-state index contributed by atoms with van der Waals surface area (Å²) in [6.45, 7) is 0.849. The van der Waals surface area contributed by atoms with Crippen molar-refractivity contribution in [3.05, 3.63) is 35.7 Å². The molecule has 0 bridgehead atoms. The molecular weight excluding hydrogens is 329 g/mol. The zero-order chi connectivity index (χ0) is 17.2. The lowest BCUT2D eigenvalue weighted by molar-refractivity contribution is -0.159. The van der Waals surface area contributed by atoms with Crippen LogP contribution in [0.25, 0.3) is 11.4 Å². The number of rotatable bonds is 4. The van der Waals surface area contributed by atoms with Crippen LogP contribution in [0.5, 0.6) is 0 Å². The highest BCUT2D eigenvalue weighted by Gasteiger charge is 2.38. The first-order valence-corrected chi connectivity index (χ1v) is 7.23. The molecule has 1 aromatic carbocycles. The minimum Gasteiger partial charge on any atom is -0.459 e. The van der Waals surface area contributed by atoms with Gasteiger partial charge in [0.1, 0.15) is 6.61 Å². The first-order chi connectivity index (χ1) is 11.4. The van der Waals surface area contributed by atoms with Crippen molar-refractivity contribution in [1.82, 2.24) is 10.1 Å². The van der Waals surface area contributed by atoms with Gasteiger partial charge in [-0.15, -0.1) is 0 Å². The molecule has 1 fully saturated rings. The molecule has 0 saturated carbocycles. The van der Waals surface area contributed by atoms with Crippen molar-refractivity contribution >= 4 is 5.97 Å². The van der Waals surface area contributed by atoms with Crippen molar-refractivity contribution < 1.29 is 32.0 Å². The van der Waals surface area contributed by atoms with E-state index in [2.05, 4.69) is 14.7 Å². The van der Waals surface area contributed by atoms with E-state index in [4.69, 9.17) is 9.47 Å². The van der Waals surface area contributed by atoms with Gasteiger partial charge in [-0.25, -0.2) is 4.79 Å². The average molecular weight is 342 g/mol. The number of carbonyl (C=O) groups excluding carboxylic acids is 1. The van der Waals surface area contributed by atoms with Gasteiger partial charge in [-0.3, -0.25) is 0 Å². The lowest BCUT2D eigenvalue weighted by Crippen LogP contribution is -2.17. The van der Waals surface area contributed by atoms with Gasteiger partial charge in [0.15, 0.2) is 0 Å². The largest absolute Gasteiger partial charge is 0.471 e. The number of esters is 1. The summed E-state index contributed by atoms with van der Waals surface area (Å²) in [5.41, 5.74) is 0.571. The summed E-state index contributed by atoms with van der Waals surface area (Å²) in [4.78, 5) is 15.2. The predicted molar refractivity (Wildman–Crippen MR) is 74.0 cm³/mol. The molecule has 0 aliphatic carbocycles. The Labute approximate surface area is 134 Å². The topological polar surface area (TPSA) is 74.5 Å². The first-order valence-electron chi connectivity index (χ1n) is 7.23. The summed E-state index contributed by atoms with van der Waals surface area (Å²) in [5, 5.41) is 3.28. The summed E-state index contributed by atoms with van der Waals surface area (Å²) in [7, 11) is 0. The number of carbonyl (C=O) groups is 1. The van der Waals surface area contributed by atoms with Crippen LogP contribution in [0, 0.1) is 0 Å². The lowest BCUT2D eigenvalue weighted by Gasteiger charge is -2.10. The second kappa shape index (κ2) is 6.60. The van der Waals surface area contributed by atoms with Gasteiger partial charge in [0.2, 0.25) is 5.82 Å². The van der Waals surface area contributed by atoms with Gasteiger partial charge in [0.05, 0.1) is 11.7 Å². The number of ether oxygens (including phenoxy) is 2. The van der Waals surface area contributed by atoms with Gasteiger partial charge in [-0.2, -0.15) is 18.2 Å². The molecule has 3 rings (SSSR count). The van der Waals surface area contributed by atoms with E-state index >= 15 is 0 Å². The van der Waals surface area contributed by atoms with Gasteiger partial charge in [0.25, 0.3) is 0 Å². The summed E-state index contributed by atoms with van der Waals surface area (Å²) >= 11 is 0. The van der Waals surface area contributed by atoms with Crippen LogP contribution in [0.4, 0.5) is 13.2 Å². The van der Waals surface area contributed by atoms with E-state index in [0.29, 0.717) is 12.2 Å². The molecule has 0 amide bonds. The van der Waals surface area contributed by atoms with Crippen molar-refractivity contribution in [2.24, 2.45) is 0 Å². The average Bonchev–Trinajstić information content (AvgIpc) is 3.23. The van der Waals surface area contributed by atoms with Gasteiger partial charge in [-0.05, 0) is 25.0 Å². The van der Waals surface area contributed by atoms with Crippen molar-refractivity contribution in [3.8, 4) is 11.4 Å². The number of hydrogen-bond acceptors (Lipinski definition) is 6. The molecule has 128 valence electrons. The molecule has 2 aromatic rings. The van der Waals surface area contributed by atoms with Crippen LogP contribution in [0.2, 0.25) is 0 Å². The molecule has 2 heterocycles. The fourth-order valence-corrected chi connectivity index (χ4v) is 2.24. The fraction of sp³-hybridized carbons (Fsp3) is 0.400. The standard InChI is InChI=1S/C15H13F3N2O4/c16-15(17,18)14-19-12(20-24-14)9-3-5-10(6-4-9)13(21)23-8-11-2-1-7-22-11/h3-6,11H,1-2,7-8H2/t11-/m0/s1. The summed E-state index contributed by atoms with van der Waals surface area (Å²) in [6, 6.07) is 5.70. The minimum atomic E-state index is -4.70. The second-order valence-electron chi connectivity index (χ2n) is 5.23. The van der Waals surface area contributed by atoms with Crippen LogP contribution < -0.4 is 0 Å². The van der Waals surface area contributed by atoms with E-state index in [9.17, 15) is 18.0 Å². The van der Waals surface area contributed by atoms with Gasteiger partial charge < -0.3 is 14.0 Å². The molecule has 1 aliphatic heterocycles. The lowest BCUT2D eigenvalue weighted by atomic mass is 10.1. The van der Waals surface area contributed by atoms with Crippen LogP contribution in [-0.2, 0) is 15.7 Å². The van der Waals surface area contributed by atoms with Crippen molar-refractivity contribution in [2.75, 3.05) is 13.2 Å². The third-order valence-corrected chi connectivity index (χ3v) is 3.47. The number of alkyl halides is 3. The molecule has 0 spiro atoms. The number of halogens is 3. The van der Waals surface area contributed by atoms with Crippen LogP contribution in [0.1, 0.15) is 29.1 Å². The Bertz CT molecular complexity index is 706. The molecule has 1 atom stereocenters. The van der Waals surface area contributed by atoms with Crippen LogP contribution in [-0.4, -0.2) is 35.4 Å². The highest BCUT2D eigenvalue weighted by molar-refractivity contribution is 5.89. The highest BCUT2D eigenvalue weighted by Crippen LogP contribution is 2.29. The normalized spacial score (nSPS) is 17.9. The second-order valence-corrected chi connectivity index (χ2v) is 5.23. The SMILES string of the molecule is O=C(OC[C@@H]1CCCO1)c1ccc(-c2noc(C(F)(F)F)n2)cc1. The zero-order valence-corrected chi connectivity index (χ0v) is 12.4. The van der Waals surface area contributed by atoms with Crippen molar-refractivity contribution in [3.63, 3.8) is 0 Å². The van der Waals surface area contributed by atoms with Gasteiger partial charge in [0, 0.05) is 12.2 Å². The molecule has 0 N–H and O–H groups in total. The number of nitrogens with zero attached hydrogens (tertiary/aromatic N) is 2. The van der Waals surface area contributed by atoms with E-state index in [-0.39, 0.29) is 24.1 Å². The number of hydrogen-bond donors (Lipinski definition) is 0. The first kappa shape index (κ1) is 16.4. The van der Waals surface area contributed by atoms with E-state index in [1.807, 2.05) is 0 Å². The number of benzene rings is 1. The molecule has 9 heteroatoms. The maximum absolute atomic E-state index is 12.4. The van der Waals surface area contributed by atoms with E-state index in [0.717, 1.165) is 12.8 Å². The van der Waals surface area contributed by atoms with Gasteiger partial charge >= 0.3 is 18.0 Å². The Morgan fingerprint density at radius 1 is 1.29 bits per heavy atom. The number of aromatic nitrogens is 2. The third-order valence-electron chi connectivity index (χ3n) is 3.47. The highest BCUT2D eigenvalue weighted by atomic mass is 19.4. The van der Waals surface area contributed by atoms with Crippen molar-refractivity contribution in [2.45, 2.75) is 25.1 Å². The zero-order valence-electron chi connectivity index (χ0n) is 12.4. The van der Waals surface area contributed by atoms with E-state index in [1.165, 1.54) is 24.3 Å². The van der Waals surface area contributed by atoms with Gasteiger partial charge in [-0.1, -0.05) is 17.3 Å². The monoisotopic (exact) mass is 342 g/mol. The fourth-order valence-electron chi connectivity index (χ4n) is 2.24. The third kappa shape index (κ3) is 3.73. The van der Waals surface area contributed by atoms with Crippen LogP contribution in [0.15, 0.2) is 28.8 Å². The summed E-state index contributed by atoms with van der Waals surface area (Å²) in [6.07, 6.45) is -2.97.